The molecule has 0 aliphatic carbocycles. The molecule has 0 fully saturated rings. The number of hydrogen-bond acceptors (Lipinski definition) is 4. The molecule has 0 spiro atoms. The normalized spacial score (nSPS) is 20.9. The van der Waals surface area contributed by atoms with Crippen molar-refractivity contribution in [1.29, 1.82) is 0 Å². The summed E-state index contributed by atoms with van der Waals surface area (Å²) in [5, 5.41) is 9.56. The van der Waals surface area contributed by atoms with E-state index in [-0.39, 0.29) is 6.04 Å². The summed E-state index contributed by atoms with van der Waals surface area (Å²) in [6.45, 7) is 2.15. The van der Waals surface area contributed by atoms with Crippen LogP contribution in [0.1, 0.15) is 36.6 Å². The smallest absolute Gasteiger partial charge is 0.209 e. The lowest BCUT2D eigenvalue weighted by Gasteiger charge is -2.26. The predicted molar refractivity (Wildman–Crippen MR) is 67.9 cm³/mol. The second kappa shape index (κ2) is 4.87. The molecular formula is C12H17NO4S. The van der Waals surface area contributed by atoms with Crippen LogP contribution in [0.2, 0.25) is 0 Å². The molecule has 0 aromatic heterocycles. The summed E-state index contributed by atoms with van der Waals surface area (Å²) >= 11 is 0. The highest BCUT2D eigenvalue weighted by Gasteiger charge is 2.24. The van der Waals surface area contributed by atoms with Crippen LogP contribution in [0.15, 0.2) is 18.2 Å². The molecule has 2 rings (SSSR count). The Morgan fingerprint density at radius 2 is 2.22 bits per heavy atom. The standard InChI is InChI=1S/C12H17NO4S/c1-8(14)9-3-4-12-10(7-9)11(5-6-17-12)13-18(2,15)16/h3-4,7-8,11,13-14H,5-6H2,1-2H3. The SMILES string of the molecule is CC(O)c1ccc2c(c1)C(NS(C)(=O)=O)CCO2. The van der Waals surface area contributed by atoms with Crippen LogP contribution in [0, 0.1) is 0 Å². The number of fused-ring (bicyclic) bond motifs is 1. The van der Waals surface area contributed by atoms with Gasteiger partial charge in [0.1, 0.15) is 5.75 Å². The van der Waals surface area contributed by atoms with Gasteiger partial charge in [-0.05, 0) is 24.6 Å². The first-order valence-electron chi connectivity index (χ1n) is 5.79. The zero-order valence-electron chi connectivity index (χ0n) is 10.4. The molecule has 1 aliphatic heterocycles. The third kappa shape index (κ3) is 3.01. The van der Waals surface area contributed by atoms with Crippen molar-refractivity contribution in [3.05, 3.63) is 29.3 Å². The molecule has 5 nitrogen and oxygen atoms in total. The molecule has 0 bridgehead atoms. The molecule has 100 valence electrons. The quantitative estimate of drug-likeness (QED) is 0.863. The number of rotatable bonds is 3. The fourth-order valence-corrected chi connectivity index (χ4v) is 2.82. The van der Waals surface area contributed by atoms with Gasteiger partial charge >= 0.3 is 0 Å². The van der Waals surface area contributed by atoms with E-state index >= 15 is 0 Å². The summed E-state index contributed by atoms with van der Waals surface area (Å²) in [6, 6.07) is 5.06. The number of aliphatic hydroxyl groups excluding tert-OH is 1. The number of ether oxygens (including phenoxy) is 1. The number of hydrogen-bond donors (Lipinski definition) is 2. The van der Waals surface area contributed by atoms with Crippen molar-refractivity contribution in [2.24, 2.45) is 0 Å². The lowest BCUT2D eigenvalue weighted by Crippen LogP contribution is -2.31. The first-order chi connectivity index (χ1) is 8.37. The minimum Gasteiger partial charge on any atom is -0.493 e. The summed E-state index contributed by atoms with van der Waals surface area (Å²) < 4.78 is 30.7. The number of sulfonamides is 1. The molecule has 0 saturated carbocycles. The van der Waals surface area contributed by atoms with E-state index in [1.807, 2.05) is 0 Å². The van der Waals surface area contributed by atoms with E-state index in [1.165, 1.54) is 0 Å². The summed E-state index contributed by atoms with van der Waals surface area (Å²) in [4.78, 5) is 0. The molecule has 6 heteroatoms. The van der Waals surface area contributed by atoms with Gasteiger partial charge in [-0.2, -0.15) is 0 Å². The van der Waals surface area contributed by atoms with Gasteiger partial charge in [-0.3, -0.25) is 0 Å². The van der Waals surface area contributed by atoms with Crippen molar-refractivity contribution < 1.29 is 18.3 Å². The van der Waals surface area contributed by atoms with Gasteiger partial charge < -0.3 is 9.84 Å². The zero-order valence-corrected chi connectivity index (χ0v) is 11.2. The molecule has 0 amide bonds. The molecule has 1 aliphatic rings. The topological polar surface area (TPSA) is 75.6 Å². The first-order valence-corrected chi connectivity index (χ1v) is 7.68. The predicted octanol–water partition coefficient (Wildman–Crippen LogP) is 1.11. The van der Waals surface area contributed by atoms with Crippen LogP contribution in [-0.4, -0.2) is 26.4 Å². The Morgan fingerprint density at radius 3 is 2.83 bits per heavy atom. The largest absolute Gasteiger partial charge is 0.493 e. The van der Waals surface area contributed by atoms with Crippen LogP contribution >= 0.6 is 0 Å². The van der Waals surface area contributed by atoms with Crippen molar-refractivity contribution >= 4 is 10.0 Å². The summed E-state index contributed by atoms with van der Waals surface area (Å²) in [6.07, 6.45) is 1.14. The van der Waals surface area contributed by atoms with E-state index < -0.39 is 16.1 Å². The summed E-state index contributed by atoms with van der Waals surface area (Å²) in [5.74, 6) is 0.673. The van der Waals surface area contributed by atoms with Gasteiger partial charge in [0, 0.05) is 12.0 Å². The Labute approximate surface area is 107 Å². The van der Waals surface area contributed by atoms with E-state index in [9.17, 15) is 13.5 Å². The third-order valence-electron chi connectivity index (χ3n) is 2.91. The molecule has 1 aromatic rings. The van der Waals surface area contributed by atoms with Crippen LogP contribution < -0.4 is 9.46 Å². The van der Waals surface area contributed by atoms with Crippen molar-refractivity contribution in [1.82, 2.24) is 4.72 Å². The highest BCUT2D eigenvalue weighted by Crippen LogP contribution is 2.34. The fraction of sp³-hybridized carbons (Fsp3) is 0.500. The second-order valence-electron chi connectivity index (χ2n) is 4.55. The van der Waals surface area contributed by atoms with E-state index in [1.54, 1.807) is 25.1 Å². The van der Waals surface area contributed by atoms with Crippen LogP contribution in [0.4, 0.5) is 0 Å². The number of nitrogens with one attached hydrogen (secondary N) is 1. The second-order valence-corrected chi connectivity index (χ2v) is 6.33. The van der Waals surface area contributed by atoms with Gasteiger partial charge in [-0.15, -0.1) is 0 Å². The molecule has 1 aromatic carbocycles. The molecule has 0 radical (unpaired) electrons. The van der Waals surface area contributed by atoms with E-state index in [2.05, 4.69) is 4.72 Å². The Kier molecular flexibility index (Phi) is 3.61. The van der Waals surface area contributed by atoms with Crippen molar-refractivity contribution in [2.75, 3.05) is 12.9 Å². The minimum absolute atomic E-state index is 0.289. The highest BCUT2D eigenvalue weighted by atomic mass is 32.2. The van der Waals surface area contributed by atoms with Gasteiger partial charge in [-0.25, -0.2) is 13.1 Å². The monoisotopic (exact) mass is 271 g/mol. The van der Waals surface area contributed by atoms with E-state index in [4.69, 9.17) is 4.74 Å². The maximum Gasteiger partial charge on any atom is 0.209 e. The minimum atomic E-state index is -3.27. The molecule has 1 heterocycles. The fourth-order valence-electron chi connectivity index (χ4n) is 2.05. The van der Waals surface area contributed by atoms with Crippen LogP contribution in [0.25, 0.3) is 0 Å². The van der Waals surface area contributed by atoms with Gasteiger partial charge in [-0.1, -0.05) is 6.07 Å². The van der Waals surface area contributed by atoms with E-state index in [0.717, 1.165) is 17.4 Å². The van der Waals surface area contributed by atoms with Crippen molar-refractivity contribution in [2.45, 2.75) is 25.5 Å². The van der Waals surface area contributed by atoms with Gasteiger partial charge in [0.25, 0.3) is 0 Å². The molecule has 2 unspecified atom stereocenters. The van der Waals surface area contributed by atoms with Crippen molar-refractivity contribution in [3.63, 3.8) is 0 Å². The third-order valence-corrected chi connectivity index (χ3v) is 3.62. The molecule has 18 heavy (non-hydrogen) atoms. The Morgan fingerprint density at radius 1 is 1.50 bits per heavy atom. The maximum atomic E-state index is 11.3. The number of aliphatic hydroxyl groups is 1. The maximum absolute atomic E-state index is 11.3. The van der Waals surface area contributed by atoms with Crippen molar-refractivity contribution in [3.8, 4) is 5.75 Å². The number of benzene rings is 1. The molecule has 2 N–H and O–H groups in total. The lowest BCUT2D eigenvalue weighted by atomic mass is 9.97. The summed E-state index contributed by atoms with van der Waals surface area (Å²) in [7, 11) is -3.27. The van der Waals surface area contributed by atoms with Gasteiger partial charge in [0.2, 0.25) is 10.0 Å². The van der Waals surface area contributed by atoms with Crippen LogP contribution in [-0.2, 0) is 10.0 Å². The molecular weight excluding hydrogens is 254 g/mol. The van der Waals surface area contributed by atoms with Gasteiger partial charge in [0.05, 0.1) is 25.0 Å². The Bertz CT molecular complexity index is 539. The first kappa shape index (κ1) is 13.3. The summed E-state index contributed by atoms with van der Waals surface area (Å²) in [5.41, 5.74) is 1.53. The Hall–Kier alpha value is -1.11. The van der Waals surface area contributed by atoms with Gasteiger partial charge in [0.15, 0.2) is 0 Å². The average molecular weight is 271 g/mol. The lowest BCUT2D eigenvalue weighted by molar-refractivity contribution is 0.198. The Balaban J connectivity index is 2.37. The highest BCUT2D eigenvalue weighted by molar-refractivity contribution is 7.88. The van der Waals surface area contributed by atoms with Crippen LogP contribution in [0.5, 0.6) is 5.75 Å². The van der Waals surface area contributed by atoms with E-state index in [0.29, 0.717) is 18.8 Å². The molecule has 2 atom stereocenters. The zero-order chi connectivity index (χ0) is 13.3. The van der Waals surface area contributed by atoms with Crippen LogP contribution in [0.3, 0.4) is 0 Å². The molecule has 0 saturated heterocycles. The average Bonchev–Trinajstić information content (AvgIpc) is 2.26.